The molecule has 4 rings (SSSR count). The van der Waals surface area contributed by atoms with Gasteiger partial charge < -0.3 is 15.0 Å². The maximum atomic E-state index is 5.96. The van der Waals surface area contributed by atoms with Gasteiger partial charge in [-0.2, -0.15) is 0 Å². The molecule has 0 bridgehead atoms. The third kappa shape index (κ3) is 3.54. The van der Waals surface area contributed by atoms with Crippen LogP contribution >= 0.6 is 0 Å². The van der Waals surface area contributed by atoms with Crippen LogP contribution in [0.1, 0.15) is 6.92 Å². The number of nitrogens with zero attached hydrogens (tertiary/aromatic N) is 3. The molecule has 0 spiro atoms. The number of aromatic nitrogens is 2. The molecule has 0 radical (unpaired) electrons. The van der Waals surface area contributed by atoms with Crippen molar-refractivity contribution in [2.75, 3.05) is 32.1 Å². The summed E-state index contributed by atoms with van der Waals surface area (Å²) in [5, 5.41) is 4.61. The number of rotatable bonds is 4. The van der Waals surface area contributed by atoms with E-state index in [4.69, 9.17) is 14.7 Å². The average molecular weight is 348 g/mol. The second-order valence-corrected chi connectivity index (χ2v) is 6.88. The summed E-state index contributed by atoms with van der Waals surface area (Å²) in [6, 6.07) is 18.4. The van der Waals surface area contributed by atoms with Crippen molar-refractivity contribution >= 4 is 16.7 Å². The molecule has 1 aromatic heterocycles. The molecule has 3 aromatic rings. The van der Waals surface area contributed by atoms with Crippen LogP contribution in [0.25, 0.3) is 22.3 Å². The third-order valence-corrected chi connectivity index (χ3v) is 4.85. The Bertz CT molecular complexity index is 884. The number of hydrogen-bond acceptors (Lipinski definition) is 5. The van der Waals surface area contributed by atoms with E-state index >= 15 is 0 Å². The number of nitrogens with one attached hydrogen (secondary N) is 1. The normalized spacial score (nSPS) is 19.4. The molecule has 1 N–H and O–H groups in total. The standard InChI is InChI=1S/C21H24N4O/c1-15(19-14-25(2)12-13-26-19)22-21-17-10-6-7-11-18(17)23-20(24-21)16-8-4-3-5-9-16/h3-11,15,19H,12-14H2,1-2H3,(H,22,23,24). The zero-order valence-electron chi connectivity index (χ0n) is 15.2. The Morgan fingerprint density at radius 3 is 2.65 bits per heavy atom. The van der Waals surface area contributed by atoms with Crippen molar-refractivity contribution in [3.05, 3.63) is 54.6 Å². The molecule has 0 amide bonds. The summed E-state index contributed by atoms with van der Waals surface area (Å²) in [5.74, 6) is 1.60. The predicted molar refractivity (Wildman–Crippen MR) is 105 cm³/mol. The van der Waals surface area contributed by atoms with Crippen molar-refractivity contribution in [3.63, 3.8) is 0 Å². The number of anilines is 1. The van der Waals surface area contributed by atoms with E-state index in [2.05, 4.69) is 30.3 Å². The summed E-state index contributed by atoms with van der Waals surface area (Å²) in [4.78, 5) is 11.9. The van der Waals surface area contributed by atoms with Crippen LogP contribution in [0.4, 0.5) is 5.82 Å². The van der Waals surface area contributed by atoms with Gasteiger partial charge in [-0.15, -0.1) is 0 Å². The Labute approximate surface area is 154 Å². The minimum atomic E-state index is 0.141. The molecule has 26 heavy (non-hydrogen) atoms. The van der Waals surface area contributed by atoms with Crippen LogP contribution in [-0.2, 0) is 4.74 Å². The van der Waals surface area contributed by atoms with Gasteiger partial charge in [-0.05, 0) is 26.1 Å². The number of ether oxygens (including phenoxy) is 1. The van der Waals surface area contributed by atoms with Crippen molar-refractivity contribution in [2.45, 2.75) is 19.1 Å². The fourth-order valence-corrected chi connectivity index (χ4v) is 3.33. The molecule has 5 heteroatoms. The van der Waals surface area contributed by atoms with E-state index in [0.29, 0.717) is 0 Å². The Hall–Kier alpha value is -2.50. The summed E-state index contributed by atoms with van der Waals surface area (Å²) >= 11 is 0. The summed E-state index contributed by atoms with van der Waals surface area (Å²) in [6.07, 6.45) is 0.141. The summed E-state index contributed by atoms with van der Waals surface area (Å²) < 4.78 is 5.96. The number of hydrogen-bond donors (Lipinski definition) is 1. The van der Waals surface area contributed by atoms with Crippen molar-refractivity contribution < 1.29 is 4.74 Å². The van der Waals surface area contributed by atoms with E-state index < -0.39 is 0 Å². The van der Waals surface area contributed by atoms with Gasteiger partial charge in [0.05, 0.1) is 24.3 Å². The molecule has 2 unspecified atom stereocenters. The molecule has 2 heterocycles. The van der Waals surface area contributed by atoms with E-state index in [1.165, 1.54) is 0 Å². The first-order valence-corrected chi connectivity index (χ1v) is 9.09. The topological polar surface area (TPSA) is 50.3 Å². The van der Waals surface area contributed by atoms with Gasteiger partial charge in [0, 0.05) is 24.0 Å². The molecule has 1 fully saturated rings. The molecule has 2 atom stereocenters. The zero-order chi connectivity index (χ0) is 17.9. The SMILES string of the molecule is CC(Nc1nc(-c2ccccc2)nc2ccccc12)C1CN(C)CCO1. The lowest BCUT2D eigenvalue weighted by Crippen LogP contribution is -2.47. The zero-order valence-corrected chi connectivity index (χ0v) is 15.2. The summed E-state index contributed by atoms with van der Waals surface area (Å²) in [5.41, 5.74) is 1.96. The molecule has 0 aliphatic carbocycles. The molecule has 2 aromatic carbocycles. The van der Waals surface area contributed by atoms with Crippen molar-refractivity contribution in [1.82, 2.24) is 14.9 Å². The van der Waals surface area contributed by atoms with Crippen molar-refractivity contribution in [1.29, 1.82) is 0 Å². The number of fused-ring (bicyclic) bond motifs is 1. The third-order valence-electron chi connectivity index (χ3n) is 4.85. The van der Waals surface area contributed by atoms with E-state index in [1.807, 2.05) is 48.5 Å². The number of benzene rings is 2. The molecular weight excluding hydrogens is 324 g/mol. The van der Waals surface area contributed by atoms with Crippen LogP contribution in [0.2, 0.25) is 0 Å². The first-order chi connectivity index (χ1) is 12.7. The van der Waals surface area contributed by atoms with Gasteiger partial charge in [-0.1, -0.05) is 42.5 Å². The maximum absolute atomic E-state index is 5.96. The quantitative estimate of drug-likeness (QED) is 0.783. The van der Waals surface area contributed by atoms with Gasteiger partial charge in [-0.3, -0.25) is 0 Å². The fraction of sp³-hybridized carbons (Fsp3) is 0.333. The van der Waals surface area contributed by atoms with Gasteiger partial charge in [0.1, 0.15) is 5.82 Å². The summed E-state index contributed by atoms with van der Waals surface area (Å²) in [6.45, 7) is 4.83. The minimum Gasteiger partial charge on any atom is -0.373 e. The second-order valence-electron chi connectivity index (χ2n) is 6.88. The second kappa shape index (κ2) is 7.40. The van der Waals surface area contributed by atoms with E-state index in [9.17, 15) is 0 Å². The smallest absolute Gasteiger partial charge is 0.162 e. The number of likely N-dealkylation sites (N-methyl/N-ethyl adjacent to an activating group) is 1. The van der Waals surface area contributed by atoms with Crippen LogP contribution in [0.5, 0.6) is 0 Å². The van der Waals surface area contributed by atoms with E-state index in [-0.39, 0.29) is 12.1 Å². The lowest BCUT2D eigenvalue weighted by atomic mass is 10.1. The lowest BCUT2D eigenvalue weighted by molar-refractivity contribution is -0.0259. The maximum Gasteiger partial charge on any atom is 0.162 e. The molecule has 134 valence electrons. The molecule has 5 nitrogen and oxygen atoms in total. The van der Waals surface area contributed by atoms with Crippen molar-refractivity contribution in [3.8, 4) is 11.4 Å². The fourth-order valence-electron chi connectivity index (χ4n) is 3.33. The average Bonchev–Trinajstić information content (AvgIpc) is 2.68. The van der Waals surface area contributed by atoms with Crippen LogP contribution < -0.4 is 5.32 Å². The highest BCUT2D eigenvalue weighted by atomic mass is 16.5. The van der Waals surface area contributed by atoms with E-state index in [1.54, 1.807) is 0 Å². The van der Waals surface area contributed by atoms with Gasteiger partial charge in [0.25, 0.3) is 0 Å². The van der Waals surface area contributed by atoms with Crippen LogP contribution in [0.15, 0.2) is 54.6 Å². The minimum absolute atomic E-state index is 0.141. The monoisotopic (exact) mass is 348 g/mol. The van der Waals surface area contributed by atoms with Crippen LogP contribution in [0, 0.1) is 0 Å². The number of para-hydroxylation sites is 1. The lowest BCUT2D eigenvalue weighted by Gasteiger charge is -2.34. The Morgan fingerprint density at radius 2 is 1.85 bits per heavy atom. The van der Waals surface area contributed by atoms with Gasteiger partial charge >= 0.3 is 0 Å². The Kier molecular flexibility index (Phi) is 4.82. The summed E-state index contributed by atoms with van der Waals surface area (Å²) in [7, 11) is 2.13. The van der Waals surface area contributed by atoms with Crippen LogP contribution in [-0.4, -0.2) is 53.8 Å². The van der Waals surface area contributed by atoms with Gasteiger partial charge in [0.2, 0.25) is 0 Å². The molecule has 1 saturated heterocycles. The molecule has 1 aliphatic rings. The molecule has 0 saturated carbocycles. The molecule has 1 aliphatic heterocycles. The first kappa shape index (κ1) is 16.9. The van der Waals surface area contributed by atoms with Gasteiger partial charge in [-0.25, -0.2) is 9.97 Å². The highest BCUT2D eigenvalue weighted by Crippen LogP contribution is 2.26. The Balaban J connectivity index is 1.69. The predicted octanol–water partition coefficient (Wildman–Crippen LogP) is 3.43. The highest BCUT2D eigenvalue weighted by molar-refractivity contribution is 5.90. The molecular formula is C21H24N4O. The number of morpholine rings is 1. The van der Waals surface area contributed by atoms with Crippen LogP contribution in [0.3, 0.4) is 0 Å². The highest BCUT2D eigenvalue weighted by Gasteiger charge is 2.24. The van der Waals surface area contributed by atoms with Gasteiger partial charge in [0.15, 0.2) is 5.82 Å². The van der Waals surface area contributed by atoms with Crippen molar-refractivity contribution in [2.24, 2.45) is 0 Å². The Morgan fingerprint density at radius 1 is 1.08 bits per heavy atom. The largest absolute Gasteiger partial charge is 0.373 e. The van der Waals surface area contributed by atoms with E-state index in [0.717, 1.165) is 47.8 Å². The first-order valence-electron chi connectivity index (χ1n) is 9.09.